The largest absolute Gasteiger partial charge is 0.319 e. The Morgan fingerprint density at radius 1 is 1.30 bits per heavy atom. The molecular weight excluding hydrogens is 312 g/mol. The van der Waals surface area contributed by atoms with Crippen LogP contribution in [0.25, 0.3) is 0 Å². The quantitative estimate of drug-likeness (QED) is 0.848. The first-order valence-electron chi connectivity index (χ1n) is 6.25. The molecule has 20 heavy (non-hydrogen) atoms. The fourth-order valence-electron chi connectivity index (χ4n) is 1.76. The second-order valence-electron chi connectivity index (χ2n) is 4.47. The Balaban J connectivity index is 2.10. The van der Waals surface area contributed by atoms with Gasteiger partial charge in [-0.1, -0.05) is 0 Å². The molecule has 110 valence electrons. The minimum absolute atomic E-state index is 0.412. The number of hydrogen-bond acceptors (Lipinski definition) is 5. The third-order valence-corrected chi connectivity index (χ3v) is 7.06. The highest BCUT2D eigenvalue weighted by Gasteiger charge is 2.22. The highest BCUT2D eigenvalue weighted by Crippen LogP contribution is 2.25. The smallest absolute Gasteiger partial charge is 0.252 e. The molecule has 0 amide bonds. The zero-order valence-corrected chi connectivity index (χ0v) is 13.9. The summed E-state index contributed by atoms with van der Waals surface area (Å²) in [7, 11) is 0.131. The molecule has 0 aromatic carbocycles. The zero-order chi connectivity index (χ0) is 14.6. The maximum absolute atomic E-state index is 12.5. The van der Waals surface area contributed by atoms with Gasteiger partial charge in [0.1, 0.15) is 4.21 Å². The maximum Gasteiger partial charge on any atom is 0.252 e. The van der Waals surface area contributed by atoms with Crippen LogP contribution in [-0.4, -0.2) is 33.4 Å². The van der Waals surface area contributed by atoms with Gasteiger partial charge in [-0.25, -0.2) is 8.42 Å². The summed E-state index contributed by atoms with van der Waals surface area (Å²) in [5, 5.41) is 6.99. The molecule has 4 nitrogen and oxygen atoms in total. The van der Waals surface area contributed by atoms with E-state index in [1.165, 1.54) is 15.6 Å². The second-order valence-corrected chi connectivity index (χ2v) is 8.69. The highest BCUT2D eigenvalue weighted by molar-refractivity contribution is 7.91. The van der Waals surface area contributed by atoms with Gasteiger partial charge >= 0.3 is 0 Å². The maximum atomic E-state index is 12.5. The van der Waals surface area contributed by atoms with Crippen molar-refractivity contribution in [1.29, 1.82) is 0 Å². The van der Waals surface area contributed by atoms with Crippen LogP contribution in [0.3, 0.4) is 0 Å². The molecule has 2 rings (SSSR count). The molecular formula is C13H18N2O2S3. The predicted molar refractivity (Wildman–Crippen MR) is 84.9 cm³/mol. The molecule has 0 radical (unpaired) electrons. The molecule has 2 heterocycles. The van der Waals surface area contributed by atoms with Crippen molar-refractivity contribution in [3.8, 4) is 0 Å². The molecule has 2 aromatic heterocycles. The fraction of sp³-hybridized carbons (Fsp3) is 0.385. The number of hydrogen-bond donors (Lipinski definition) is 1. The van der Waals surface area contributed by atoms with E-state index in [9.17, 15) is 8.42 Å². The average molecular weight is 330 g/mol. The van der Waals surface area contributed by atoms with Gasteiger partial charge in [0.05, 0.1) is 0 Å². The van der Waals surface area contributed by atoms with Gasteiger partial charge in [-0.2, -0.15) is 15.6 Å². The predicted octanol–water partition coefficient (Wildman–Crippen LogP) is 2.39. The van der Waals surface area contributed by atoms with Gasteiger partial charge in [0, 0.05) is 18.5 Å². The normalized spacial score (nSPS) is 12.2. The summed E-state index contributed by atoms with van der Waals surface area (Å²) in [5.41, 5.74) is 1.02. The van der Waals surface area contributed by atoms with Crippen molar-refractivity contribution in [1.82, 2.24) is 9.62 Å². The fourth-order valence-corrected chi connectivity index (χ4v) is 5.14. The molecule has 0 aliphatic rings. The van der Waals surface area contributed by atoms with Crippen LogP contribution >= 0.6 is 22.7 Å². The molecule has 0 spiro atoms. The van der Waals surface area contributed by atoms with Gasteiger partial charge in [0.2, 0.25) is 0 Å². The Labute approximate surface area is 128 Å². The molecule has 0 saturated carbocycles. The van der Waals surface area contributed by atoms with E-state index < -0.39 is 10.0 Å². The Morgan fingerprint density at radius 2 is 2.10 bits per heavy atom. The molecule has 1 N–H and O–H groups in total. The standard InChI is InChI=1S/C13H18N2O2S3/c1-14-7-5-12-3-4-13(19-12)20(16,17)15(2)9-11-6-8-18-10-11/h3-4,6,8,10,14H,5,7,9H2,1-2H3. The monoisotopic (exact) mass is 330 g/mol. The van der Waals surface area contributed by atoms with E-state index in [1.54, 1.807) is 24.5 Å². The van der Waals surface area contributed by atoms with E-state index in [1.807, 2.05) is 29.9 Å². The molecule has 0 bridgehead atoms. The minimum Gasteiger partial charge on any atom is -0.319 e. The molecule has 0 aliphatic carbocycles. The number of nitrogens with one attached hydrogen (secondary N) is 1. The van der Waals surface area contributed by atoms with Crippen LogP contribution in [0.2, 0.25) is 0 Å². The third-order valence-electron chi connectivity index (χ3n) is 2.91. The topological polar surface area (TPSA) is 49.4 Å². The van der Waals surface area contributed by atoms with Crippen molar-refractivity contribution in [2.75, 3.05) is 20.6 Å². The SMILES string of the molecule is CNCCc1ccc(S(=O)(=O)N(C)Cc2ccsc2)s1. The second kappa shape index (κ2) is 6.82. The summed E-state index contributed by atoms with van der Waals surface area (Å²) in [5.74, 6) is 0. The van der Waals surface area contributed by atoms with E-state index in [4.69, 9.17) is 0 Å². The first-order chi connectivity index (χ1) is 9.54. The lowest BCUT2D eigenvalue weighted by atomic mass is 10.3. The van der Waals surface area contributed by atoms with Gasteiger partial charge in [-0.3, -0.25) is 0 Å². The molecule has 2 aromatic rings. The van der Waals surface area contributed by atoms with Gasteiger partial charge in [-0.05, 0) is 54.5 Å². The Morgan fingerprint density at radius 3 is 2.75 bits per heavy atom. The summed E-state index contributed by atoms with van der Waals surface area (Å²) < 4.78 is 26.8. The van der Waals surface area contributed by atoms with Crippen LogP contribution in [0.15, 0.2) is 33.2 Å². The molecule has 0 saturated heterocycles. The number of likely N-dealkylation sites (N-methyl/N-ethyl adjacent to an activating group) is 1. The third kappa shape index (κ3) is 3.67. The first kappa shape index (κ1) is 15.7. The average Bonchev–Trinajstić information content (AvgIpc) is 3.07. The lowest BCUT2D eigenvalue weighted by Gasteiger charge is -2.15. The number of nitrogens with zero attached hydrogens (tertiary/aromatic N) is 1. The molecule has 7 heteroatoms. The van der Waals surface area contributed by atoms with Crippen LogP contribution in [0.1, 0.15) is 10.4 Å². The van der Waals surface area contributed by atoms with Crippen molar-refractivity contribution < 1.29 is 8.42 Å². The van der Waals surface area contributed by atoms with Crippen LogP contribution < -0.4 is 5.32 Å². The summed E-state index contributed by atoms with van der Waals surface area (Å²) >= 11 is 2.93. The Hall–Kier alpha value is -0.730. The lowest BCUT2D eigenvalue weighted by Crippen LogP contribution is -2.25. The molecule has 0 atom stereocenters. The summed E-state index contributed by atoms with van der Waals surface area (Å²) in [6, 6.07) is 5.55. The molecule has 0 fully saturated rings. The molecule has 0 aliphatic heterocycles. The highest BCUT2D eigenvalue weighted by atomic mass is 32.2. The van der Waals surface area contributed by atoms with Gasteiger partial charge < -0.3 is 5.32 Å². The van der Waals surface area contributed by atoms with Gasteiger partial charge in [0.25, 0.3) is 10.0 Å². The van der Waals surface area contributed by atoms with Crippen LogP contribution in [0, 0.1) is 0 Å². The van der Waals surface area contributed by atoms with E-state index in [-0.39, 0.29) is 0 Å². The Kier molecular flexibility index (Phi) is 5.34. The lowest BCUT2D eigenvalue weighted by molar-refractivity contribution is 0.469. The number of thiophene rings is 2. The van der Waals surface area contributed by atoms with Crippen molar-refractivity contribution in [3.63, 3.8) is 0 Å². The number of rotatable bonds is 7. The van der Waals surface area contributed by atoms with Gasteiger partial charge in [0.15, 0.2) is 0 Å². The summed E-state index contributed by atoms with van der Waals surface area (Å²) in [6.07, 6.45) is 0.852. The molecule has 0 unspecified atom stereocenters. The number of sulfonamides is 1. The van der Waals surface area contributed by atoms with Crippen LogP contribution in [0.5, 0.6) is 0 Å². The summed E-state index contributed by atoms with van der Waals surface area (Å²) in [6.45, 7) is 1.26. The Bertz CT molecular complexity index is 632. The van der Waals surface area contributed by atoms with E-state index in [2.05, 4.69) is 5.32 Å². The van der Waals surface area contributed by atoms with E-state index in [0.717, 1.165) is 23.4 Å². The summed E-state index contributed by atoms with van der Waals surface area (Å²) in [4.78, 5) is 1.09. The van der Waals surface area contributed by atoms with Crippen LogP contribution in [-0.2, 0) is 23.0 Å². The van der Waals surface area contributed by atoms with Crippen molar-refractivity contribution in [2.45, 2.75) is 17.2 Å². The minimum atomic E-state index is -3.38. The van der Waals surface area contributed by atoms with Crippen LogP contribution in [0.4, 0.5) is 0 Å². The van der Waals surface area contributed by atoms with Crippen molar-refractivity contribution in [2.24, 2.45) is 0 Å². The van der Waals surface area contributed by atoms with E-state index >= 15 is 0 Å². The van der Waals surface area contributed by atoms with Crippen molar-refractivity contribution >= 4 is 32.7 Å². The zero-order valence-electron chi connectivity index (χ0n) is 11.5. The van der Waals surface area contributed by atoms with E-state index in [0.29, 0.717) is 10.8 Å². The first-order valence-corrected chi connectivity index (χ1v) is 9.44. The van der Waals surface area contributed by atoms with Gasteiger partial charge in [-0.15, -0.1) is 11.3 Å². The van der Waals surface area contributed by atoms with Crippen molar-refractivity contribution in [3.05, 3.63) is 39.4 Å².